The van der Waals surface area contributed by atoms with E-state index >= 15 is 0 Å². The molecule has 0 heterocycles. The number of hydrogen-bond acceptors (Lipinski definition) is 4. The predicted octanol–water partition coefficient (Wildman–Crippen LogP) is -0.258. The molecule has 0 saturated heterocycles. The van der Waals surface area contributed by atoms with E-state index in [1.165, 1.54) is 0 Å². The molecule has 3 N–H and O–H groups in total. The average molecular weight is 192 g/mol. The minimum Gasteiger partial charge on any atom is -0.366 e. The standard InChI is InChI=1S/C7H16N2O2S/c1-3-11-6(12)4-9-7(10)5(2)8/h5-6,12H,3-4,8H2,1-2H3,(H,9,10). The van der Waals surface area contributed by atoms with Gasteiger partial charge < -0.3 is 15.8 Å². The summed E-state index contributed by atoms with van der Waals surface area (Å²) in [5.74, 6) is -0.186. The molecule has 1 amide bonds. The third-order valence-corrected chi connectivity index (χ3v) is 1.56. The topological polar surface area (TPSA) is 64.3 Å². The van der Waals surface area contributed by atoms with Crippen LogP contribution in [0.2, 0.25) is 0 Å². The Labute approximate surface area is 78.2 Å². The monoisotopic (exact) mass is 192 g/mol. The normalized spacial score (nSPS) is 15.3. The lowest BCUT2D eigenvalue weighted by atomic mass is 10.3. The summed E-state index contributed by atoms with van der Waals surface area (Å²) in [6.45, 7) is 4.47. The second kappa shape index (κ2) is 6.28. The van der Waals surface area contributed by atoms with Gasteiger partial charge in [-0.1, -0.05) is 0 Å². The highest BCUT2D eigenvalue weighted by atomic mass is 32.1. The van der Waals surface area contributed by atoms with Gasteiger partial charge in [-0.3, -0.25) is 4.79 Å². The Morgan fingerprint density at radius 2 is 2.33 bits per heavy atom. The van der Waals surface area contributed by atoms with Crippen LogP contribution in [0.4, 0.5) is 0 Å². The molecule has 0 aliphatic heterocycles. The first-order valence-electron chi connectivity index (χ1n) is 3.90. The number of amides is 1. The second-order valence-corrected chi connectivity index (χ2v) is 3.02. The molecule has 0 bridgehead atoms. The van der Waals surface area contributed by atoms with E-state index in [0.29, 0.717) is 13.2 Å². The van der Waals surface area contributed by atoms with E-state index in [4.69, 9.17) is 10.5 Å². The summed E-state index contributed by atoms with van der Waals surface area (Å²) in [4.78, 5) is 10.9. The third-order valence-electron chi connectivity index (χ3n) is 1.22. The lowest BCUT2D eigenvalue weighted by Crippen LogP contribution is -2.41. The molecule has 0 rings (SSSR count). The Morgan fingerprint density at radius 1 is 1.75 bits per heavy atom. The maximum absolute atomic E-state index is 10.9. The van der Waals surface area contributed by atoms with Crippen LogP contribution < -0.4 is 11.1 Å². The van der Waals surface area contributed by atoms with Gasteiger partial charge in [-0.2, -0.15) is 0 Å². The van der Waals surface area contributed by atoms with Crippen molar-refractivity contribution in [1.82, 2.24) is 5.32 Å². The molecule has 0 spiro atoms. The Balaban J connectivity index is 3.47. The number of nitrogens with two attached hydrogens (primary N) is 1. The van der Waals surface area contributed by atoms with Gasteiger partial charge in [0.2, 0.25) is 5.91 Å². The molecule has 2 unspecified atom stereocenters. The molecular weight excluding hydrogens is 176 g/mol. The van der Waals surface area contributed by atoms with Crippen molar-refractivity contribution in [1.29, 1.82) is 0 Å². The summed E-state index contributed by atoms with van der Waals surface area (Å²) >= 11 is 4.08. The summed E-state index contributed by atoms with van der Waals surface area (Å²) in [6.07, 6.45) is 0. The van der Waals surface area contributed by atoms with Gasteiger partial charge in [-0.15, -0.1) is 12.6 Å². The Kier molecular flexibility index (Phi) is 6.14. The molecule has 0 aromatic heterocycles. The van der Waals surface area contributed by atoms with Gasteiger partial charge in [0.15, 0.2) is 0 Å². The van der Waals surface area contributed by atoms with Crippen LogP contribution >= 0.6 is 12.6 Å². The van der Waals surface area contributed by atoms with Gasteiger partial charge in [0.1, 0.15) is 5.44 Å². The zero-order chi connectivity index (χ0) is 9.56. The molecule has 4 nitrogen and oxygen atoms in total. The first-order chi connectivity index (χ1) is 5.57. The van der Waals surface area contributed by atoms with Crippen molar-refractivity contribution in [3.8, 4) is 0 Å². The molecule has 0 aromatic carbocycles. The molecule has 0 fully saturated rings. The van der Waals surface area contributed by atoms with E-state index in [2.05, 4.69) is 17.9 Å². The van der Waals surface area contributed by atoms with Crippen LogP contribution in [0.15, 0.2) is 0 Å². The summed E-state index contributed by atoms with van der Waals surface area (Å²) < 4.78 is 5.08. The minimum atomic E-state index is -0.479. The average Bonchev–Trinajstić information content (AvgIpc) is 2.00. The van der Waals surface area contributed by atoms with Crippen molar-refractivity contribution < 1.29 is 9.53 Å². The van der Waals surface area contributed by atoms with E-state index in [1.54, 1.807) is 6.92 Å². The van der Waals surface area contributed by atoms with Crippen molar-refractivity contribution in [2.24, 2.45) is 5.73 Å². The van der Waals surface area contributed by atoms with Crippen molar-refractivity contribution >= 4 is 18.5 Å². The lowest BCUT2D eigenvalue weighted by molar-refractivity contribution is -0.122. The summed E-state index contributed by atoms with van der Waals surface area (Å²) in [6, 6.07) is -0.479. The van der Waals surface area contributed by atoms with E-state index in [9.17, 15) is 4.79 Å². The second-order valence-electron chi connectivity index (χ2n) is 2.44. The van der Waals surface area contributed by atoms with E-state index in [1.807, 2.05) is 6.92 Å². The minimum absolute atomic E-state index is 0.186. The summed E-state index contributed by atoms with van der Waals surface area (Å²) in [5, 5.41) is 2.60. The van der Waals surface area contributed by atoms with Crippen molar-refractivity contribution in [2.45, 2.75) is 25.3 Å². The SMILES string of the molecule is CCOC(S)CNC(=O)C(C)N. The van der Waals surface area contributed by atoms with Crippen LogP contribution in [-0.2, 0) is 9.53 Å². The van der Waals surface area contributed by atoms with E-state index in [0.717, 1.165) is 0 Å². The summed E-state index contributed by atoms with van der Waals surface area (Å²) in [5.41, 5.74) is 5.07. The highest BCUT2D eigenvalue weighted by Crippen LogP contribution is 1.94. The Morgan fingerprint density at radius 3 is 2.75 bits per heavy atom. The number of rotatable bonds is 5. The molecule has 12 heavy (non-hydrogen) atoms. The fraction of sp³-hybridized carbons (Fsp3) is 0.857. The van der Waals surface area contributed by atoms with Gasteiger partial charge in [-0.05, 0) is 13.8 Å². The number of hydrogen-bond donors (Lipinski definition) is 3. The lowest BCUT2D eigenvalue weighted by Gasteiger charge is -2.12. The van der Waals surface area contributed by atoms with Crippen LogP contribution in [0.1, 0.15) is 13.8 Å². The summed E-state index contributed by atoms with van der Waals surface area (Å²) in [7, 11) is 0. The maximum atomic E-state index is 10.9. The largest absolute Gasteiger partial charge is 0.366 e. The van der Waals surface area contributed by atoms with Crippen LogP contribution in [0, 0.1) is 0 Å². The molecule has 0 saturated carbocycles. The number of thiol groups is 1. The molecule has 0 radical (unpaired) electrons. The van der Waals surface area contributed by atoms with Gasteiger partial charge in [-0.25, -0.2) is 0 Å². The fourth-order valence-corrected chi connectivity index (χ4v) is 0.841. The zero-order valence-corrected chi connectivity index (χ0v) is 8.30. The maximum Gasteiger partial charge on any atom is 0.236 e. The molecule has 0 aliphatic rings. The number of ether oxygens (including phenoxy) is 1. The first-order valence-corrected chi connectivity index (χ1v) is 4.42. The van der Waals surface area contributed by atoms with Gasteiger partial charge in [0.25, 0.3) is 0 Å². The molecule has 5 heteroatoms. The van der Waals surface area contributed by atoms with E-state index < -0.39 is 6.04 Å². The van der Waals surface area contributed by atoms with Crippen LogP contribution in [0.5, 0.6) is 0 Å². The number of carbonyl (C=O) groups is 1. The van der Waals surface area contributed by atoms with Crippen molar-refractivity contribution in [3.63, 3.8) is 0 Å². The van der Waals surface area contributed by atoms with Gasteiger partial charge in [0, 0.05) is 6.61 Å². The molecule has 72 valence electrons. The smallest absolute Gasteiger partial charge is 0.236 e. The third kappa shape index (κ3) is 5.40. The molecule has 0 aliphatic carbocycles. The Hall–Kier alpha value is -0.260. The molecular formula is C7H16N2O2S. The van der Waals surface area contributed by atoms with Gasteiger partial charge >= 0.3 is 0 Å². The molecule has 2 atom stereocenters. The van der Waals surface area contributed by atoms with Crippen LogP contribution in [-0.4, -0.2) is 30.5 Å². The fourth-order valence-electron chi connectivity index (χ4n) is 0.600. The molecule has 0 aromatic rings. The highest BCUT2D eigenvalue weighted by Gasteiger charge is 2.08. The van der Waals surface area contributed by atoms with Crippen LogP contribution in [0.3, 0.4) is 0 Å². The highest BCUT2D eigenvalue weighted by molar-refractivity contribution is 7.80. The first kappa shape index (κ1) is 11.7. The van der Waals surface area contributed by atoms with Crippen molar-refractivity contribution in [3.05, 3.63) is 0 Å². The number of nitrogens with one attached hydrogen (secondary N) is 1. The van der Waals surface area contributed by atoms with E-state index in [-0.39, 0.29) is 11.3 Å². The zero-order valence-electron chi connectivity index (χ0n) is 7.41. The quantitative estimate of drug-likeness (QED) is 0.415. The van der Waals surface area contributed by atoms with Crippen LogP contribution in [0.25, 0.3) is 0 Å². The Bertz CT molecular complexity index is 141. The van der Waals surface area contributed by atoms with Crippen molar-refractivity contribution in [2.75, 3.05) is 13.2 Å². The number of carbonyl (C=O) groups excluding carboxylic acids is 1. The van der Waals surface area contributed by atoms with Gasteiger partial charge in [0.05, 0.1) is 12.6 Å². The predicted molar refractivity (Wildman–Crippen MR) is 51.1 cm³/mol.